The van der Waals surface area contributed by atoms with Crippen molar-refractivity contribution in [3.8, 4) is 0 Å². The van der Waals surface area contributed by atoms with Crippen LogP contribution in [0.25, 0.3) is 0 Å². The zero-order valence-corrected chi connectivity index (χ0v) is 10.1. The molecule has 0 saturated carbocycles. The molecule has 2 heterocycles. The molecule has 1 aromatic heterocycles. The van der Waals surface area contributed by atoms with E-state index in [1.165, 1.54) is 0 Å². The maximum Gasteiger partial charge on any atom is 0.336 e. The zero-order valence-electron chi connectivity index (χ0n) is 10.1. The highest BCUT2D eigenvalue weighted by Crippen LogP contribution is 2.30. The first-order valence-electron chi connectivity index (χ1n) is 5.86. The third-order valence-electron chi connectivity index (χ3n) is 3.12. The molecule has 0 radical (unpaired) electrons. The van der Waals surface area contributed by atoms with Gasteiger partial charge in [-0.05, 0) is 18.8 Å². The number of rotatable bonds is 4. The molecule has 1 unspecified atom stereocenters. The lowest BCUT2D eigenvalue weighted by molar-refractivity contribution is -0.160. The van der Waals surface area contributed by atoms with Gasteiger partial charge >= 0.3 is 5.97 Å². The molecule has 1 N–H and O–H groups in total. The van der Waals surface area contributed by atoms with E-state index in [-0.39, 0.29) is 12.3 Å². The summed E-state index contributed by atoms with van der Waals surface area (Å²) in [5.41, 5.74) is -0.271. The normalized spacial score (nSPS) is 24.4. The summed E-state index contributed by atoms with van der Waals surface area (Å²) in [5.74, 6) is -0.0618. The van der Waals surface area contributed by atoms with Gasteiger partial charge in [-0.15, -0.1) is 0 Å². The molecule has 1 atom stereocenters. The van der Waals surface area contributed by atoms with Crippen molar-refractivity contribution in [1.82, 2.24) is 5.16 Å². The van der Waals surface area contributed by atoms with Crippen LogP contribution in [0, 0.1) is 0 Å². The highest BCUT2D eigenvalue weighted by Gasteiger charge is 2.44. The van der Waals surface area contributed by atoms with Crippen molar-refractivity contribution in [1.29, 1.82) is 0 Å². The van der Waals surface area contributed by atoms with Crippen LogP contribution >= 0.6 is 0 Å². The Kier molecular flexibility index (Phi) is 3.19. The monoisotopic (exact) mass is 239 g/mol. The second-order valence-electron chi connectivity index (χ2n) is 4.80. The van der Waals surface area contributed by atoms with Gasteiger partial charge in [0, 0.05) is 19.1 Å². The summed E-state index contributed by atoms with van der Waals surface area (Å²) in [6.45, 7) is 4.53. The Bertz CT molecular complexity index is 404. The molecule has 1 saturated heterocycles. The number of aromatic nitrogens is 1. The SMILES string of the molecule is CC(C)c1cc(CC2(C(=O)O)CCCO2)on1. The fourth-order valence-electron chi connectivity index (χ4n) is 2.05. The third kappa shape index (κ3) is 2.34. The van der Waals surface area contributed by atoms with Gasteiger partial charge in [0.25, 0.3) is 0 Å². The van der Waals surface area contributed by atoms with E-state index in [9.17, 15) is 9.90 Å². The summed E-state index contributed by atoms with van der Waals surface area (Å²) in [6, 6.07) is 1.82. The Hall–Kier alpha value is -1.36. The Morgan fingerprint density at radius 3 is 2.88 bits per heavy atom. The molecule has 0 aliphatic carbocycles. The number of hydrogen-bond acceptors (Lipinski definition) is 4. The summed E-state index contributed by atoms with van der Waals surface area (Å²) in [5, 5.41) is 13.2. The molecule has 1 aliphatic rings. The minimum Gasteiger partial charge on any atom is -0.479 e. The molecular formula is C12H17NO4. The second kappa shape index (κ2) is 4.49. The molecule has 1 aromatic rings. The quantitative estimate of drug-likeness (QED) is 0.869. The largest absolute Gasteiger partial charge is 0.479 e. The van der Waals surface area contributed by atoms with E-state index in [2.05, 4.69) is 5.16 Å². The van der Waals surface area contributed by atoms with Crippen LogP contribution in [-0.2, 0) is 16.0 Å². The van der Waals surface area contributed by atoms with Gasteiger partial charge in [-0.25, -0.2) is 4.79 Å². The van der Waals surface area contributed by atoms with Crippen LogP contribution < -0.4 is 0 Å². The molecule has 1 fully saturated rings. The smallest absolute Gasteiger partial charge is 0.336 e. The predicted molar refractivity (Wildman–Crippen MR) is 59.8 cm³/mol. The molecule has 0 aromatic carbocycles. The van der Waals surface area contributed by atoms with Crippen molar-refractivity contribution in [3.05, 3.63) is 17.5 Å². The van der Waals surface area contributed by atoms with Crippen LogP contribution in [0.5, 0.6) is 0 Å². The maximum absolute atomic E-state index is 11.3. The van der Waals surface area contributed by atoms with Gasteiger partial charge in [-0.2, -0.15) is 0 Å². The van der Waals surface area contributed by atoms with E-state index in [0.29, 0.717) is 18.8 Å². The number of nitrogens with zero attached hydrogens (tertiary/aromatic N) is 1. The van der Waals surface area contributed by atoms with Crippen LogP contribution in [-0.4, -0.2) is 28.4 Å². The van der Waals surface area contributed by atoms with Crippen molar-refractivity contribution in [2.45, 2.75) is 44.6 Å². The summed E-state index contributed by atoms with van der Waals surface area (Å²) >= 11 is 0. The van der Waals surface area contributed by atoms with E-state index in [1.807, 2.05) is 19.9 Å². The van der Waals surface area contributed by atoms with Gasteiger partial charge in [0.15, 0.2) is 5.60 Å². The minimum atomic E-state index is -1.12. The lowest BCUT2D eigenvalue weighted by Crippen LogP contribution is -2.40. The van der Waals surface area contributed by atoms with Crippen LogP contribution in [0.15, 0.2) is 10.6 Å². The highest BCUT2D eigenvalue weighted by molar-refractivity contribution is 5.78. The van der Waals surface area contributed by atoms with E-state index >= 15 is 0 Å². The van der Waals surface area contributed by atoms with Gasteiger partial charge in [0.1, 0.15) is 5.76 Å². The van der Waals surface area contributed by atoms with Crippen molar-refractivity contribution < 1.29 is 19.2 Å². The van der Waals surface area contributed by atoms with Crippen LogP contribution in [0.4, 0.5) is 0 Å². The number of ether oxygens (including phenoxy) is 1. The average molecular weight is 239 g/mol. The van der Waals surface area contributed by atoms with Crippen molar-refractivity contribution in [3.63, 3.8) is 0 Å². The number of hydrogen-bond donors (Lipinski definition) is 1. The molecule has 5 heteroatoms. The average Bonchev–Trinajstić information content (AvgIpc) is 2.88. The van der Waals surface area contributed by atoms with Crippen LogP contribution in [0.1, 0.15) is 44.1 Å². The van der Waals surface area contributed by atoms with Gasteiger partial charge in [0.05, 0.1) is 5.69 Å². The lowest BCUT2D eigenvalue weighted by atomic mass is 9.94. The predicted octanol–water partition coefficient (Wildman–Crippen LogP) is 1.97. The third-order valence-corrected chi connectivity index (χ3v) is 3.12. The van der Waals surface area contributed by atoms with Crippen molar-refractivity contribution in [2.24, 2.45) is 0 Å². The van der Waals surface area contributed by atoms with Crippen LogP contribution in [0.2, 0.25) is 0 Å². The Morgan fingerprint density at radius 1 is 1.65 bits per heavy atom. The number of carboxylic acid groups (broad SMARTS) is 1. The topological polar surface area (TPSA) is 72.6 Å². The van der Waals surface area contributed by atoms with E-state index < -0.39 is 11.6 Å². The standard InChI is InChI=1S/C12H17NO4/c1-8(2)10-6-9(17-13-10)7-12(11(14)15)4-3-5-16-12/h6,8H,3-5,7H2,1-2H3,(H,14,15). The van der Waals surface area contributed by atoms with Gasteiger partial charge in [-0.1, -0.05) is 19.0 Å². The van der Waals surface area contributed by atoms with Crippen molar-refractivity contribution >= 4 is 5.97 Å². The molecule has 5 nitrogen and oxygen atoms in total. The summed E-state index contributed by atoms with van der Waals surface area (Å²) in [7, 11) is 0. The first-order chi connectivity index (χ1) is 8.03. The molecule has 17 heavy (non-hydrogen) atoms. The number of carboxylic acids is 1. The first-order valence-corrected chi connectivity index (χ1v) is 5.86. The summed E-state index contributed by atoms with van der Waals surface area (Å²) < 4.78 is 10.6. The molecule has 1 aliphatic heterocycles. The van der Waals surface area contributed by atoms with E-state index in [0.717, 1.165) is 12.1 Å². The summed E-state index contributed by atoms with van der Waals surface area (Å²) in [6.07, 6.45) is 1.56. The number of aliphatic carboxylic acids is 1. The first kappa shape index (κ1) is 12.1. The molecule has 2 rings (SSSR count). The zero-order chi connectivity index (χ0) is 12.5. The van der Waals surface area contributed by atoms with E-state index in [4.69, 9.17) is 9.26 Å². The second-order valence-corrected chi connectivity index (χ2v) is 4.80. The highest BCUT2D eigenvalue weighted by atomic mass is 16.5. The molecule has 0 bridgehead atoms. The molecule has 94 valence electrons. The number of carbonyl (C=O) groups is 1. The Balaban J connectivity index is 2.15. The van der Waals surface area contributed by atoms with Gasteiger partial charge in [0.2, 0.25) is 0 Å². The Labute approximate surface area is 99.7 Å². The van der Waals surface area contributed by atoms with Crippen LogP contribution in [0.3, 0.4) is 0 Å². The summed E-state index contributed by atoms with van der Waals surface area (Å²) in [4.78, 5) is 11.3. The fraction of sp³-hybridized carbons (Fsp3) is 0.667. The Morgan fingerprint density at radius 2 is 2.41 bits per heavy atom. The lowest BCUT2D eigenvalue weighted by Gasteiger charge is -2.21. The van der Waals surface area contributed by atoms with E-state index in [1.54, 1.807) is 0 Å². The van der Waals surface area contributed by atoms with Gasteiger partial charge in [-0.3, -0.25) is 0 Å². The fourth-order valence-corrected chi connectivity index (χ4v) is 2.05. The maximum atomic E-state index is 11.3. The molecule has 0 spiro atoms. The minimum absolute atomic E-state index is 0.252. The van der Waals surface area contributed by atoms with Crippen molar-refractivity contribution in [2.75, 3.05) is 6.61 Å². The van der Waals surface area contributed by atoms with Gasteiger partial charge < -0.3 is 14.4 Å². The molecular weight excluding hydrogens is 222 g/mol. The molecule has 0 amide bonds.